The monoisotopic (exact) mass is 268 g/mol. The van der Waals surface area contributed by atoms with Crippen molar-refractivity contribution in [3.63, 3.8) is 0 Å². The molecule has 1 aliphatic rings. The SMILES string of the molecule is NC(=O)C(O)CNC(c1cccs1)C1CCCC1. The molecular formula is C13H20N2O2S. The van der Waals surface area contributed by atoms with Crippen LogP contribution in [-0.4, -0.2) is 23.7 Å². The zero-order valence-corrected chi connectivity index (χ0v) is 11.2. The van der Waals surface area contributed by atoms with Crippen LogP contribution < -0.4 is 11.1 Å². The molecule has 0 aliphatic heterocycles. The van der Waals surface area contributed by atoms with Crippen LogP contribution in [0.15, 0.2) is 17.5 Å². The highest BCUT2D eigenvalue weighted by molar-refractivity contribution is 7.10. The average Bonchev–Trinajstić information content (AvgIpc) is 3.01. The van der Waals surface area contributed by atoms with Crippen LogP contribution in [0.2, 0.25) is 0 Å². The summed E-state index contributed by atoms with van der Waals surface area (Å²) in [5.74, 6) is -0.0671. The van der Waals surface area contributed by atoms with Crippen molar-refractivity contribution in [2.75, 3.05) is 6.54 Å². The minimum atomic E-state index is -1.10. The number of carbonyl (C=O) groups excluding carboxylic acids is 1. The van der Waals surface area contributed by atoms with E-state index in [9.17, 15) is 9.90 Å². The van der Waals surface area contributed by atoms with Crippen molar-refractivity contribution in [2.24, 2.45) is 11.7 Å². The summed E-state index contributed by atoms with van der Waals surface area (Å²) >= 11 is 1.72. The van der Waals surface area contributed by atoms with E-state index in [1.807, 2.05) is 6.07 Å². The van der Waals surface area contributed by atoms with Gasteiger partial charge in [-0.05, 0) is 30.2 Å². The first-order valence-electron chi connectivity index (χ1n) is 6.42. The molecular weight excluding hydrogens is 248 g/mol. The normalized spacial score (nSPS) is 19.8. The summed E-state index contributed by atoms with van der Waals surface area (Å²) in [4.78, 5) is 12.1. The molecule has 1 saturated carbocycles. The van der Waals surface area contributed by atoms with E-state index in [0.717, 1.165) is 0 Å². The van der Waals surface area contributed by atoms with Gasteiger partial charge in [0.2, 0.25) is 5.91 Å². The number of nitrogens with one attached hydrogen (secondary N) is 1. The maximum atomic E-state index is 10.9. The molecule has 2 atom stereocenters. The molecule has 2 unspecified atom stereocenters. The molecule has 5 heteroatoms. The molecule has 18 heavy (non-hydrogen) atoms. The molecule has 0 saturated heterocycles. The standard InChI is InChI=1S/C13H20N2O2S/c14-13(17)10(16)8-15-12(9-4-1-2-5-9)11-6-3-7-18-11/h3,6-7,9-10,12,15-16H,1-2,4-5,8H2,(H2,14,17). The topological polar surface area (TPSA) is 75.4 Å². The van der Waals surface area contributed by atoms with Crippen molar-refractivity contribution in [2.45, 2.75) is 37.8 Å². The van der Waals surface area contributed by atoms with Gasteiger partial charge >= 0.3 is 0 Å². The lowest BCUT2D eigenvalue weighted by atomic mass is 9.96. The second-order valence-corrected chi connectivity index (χ2v) is 5.84. The van der Waals surface area contributed by atoms with Crippen LogP contribution >= 0.6 is 11.3 Å². The summed E-state index contributed by atoms with van der Waals surface area (Å²) in [6.07, 6.45) is 3.86. The summed E-state index contributed by atoms with van der Waals surface area (Å²) in [7, 11) is 0. The molecule has 1 amide bonds. The van der Waals surface area contributed by atoms with Gasteiger partial charge < -0.3 is 16.2 Å². The van der Waals surface area contributed by atoms with E-state index in [2.05, 4.69) is 16.8 Å². The lowest BCUT2D eigenvalue weighted by Gasteiger charge is -2.24. The van der Waals surface area contributed by atoms with Crippen LogP contribution in [0.3, 0.4) is 0 Å². The minimum absolute atomic E-state index is 0.231. The Balaban J connectivity index is 1.99. The van der Waals surface area contributed by atoms with Gasteiger partial charge in [-0.15, -0.1) is 11.3 Å². The molecule has 2 rings (SSSR count). The van der Waals surface area contributed by atoms with Crippen LogP contribution in [-0.2, 0) is 4.79 Å². The van der Waals surface area contributed by atoms with Crippen LogP contribution in [0.25, 0.3) is 0 Å². The first-order valence-corrected chi connectivity index (χ1v) is 7.30. The largest absolute Gasteiger partial charge is 0.382 e. The third kappa shape index (κ3) is 3.31. The van der Waals surface area contributed by atoms with E-state index >= 15 is 0 Å². The smallest absolute Gasteiger partial charge is 0.247 e. The lowest BCUT2D eigenvalue weighted by molar-refractivity contribution is -0.125. The Morgan fingerprint density at radius 1 is 1.56 bits per heavy atom. The second-order valence-electron chi connectivity index (χ2n) is 4.86. The number of carbonyl (C=O) groups is 1. The van der Waals surface area contributed by atoms with Gasteiger partial charge in [-0.2, -0.15) is 0 Å². The van der Waals surface area contributed by atoms with Gasteiger partial charge in [-0.3, -0.25) is 4.79 Å². The number of thiophene rings is 1. The van der Waals surface area contributed by atoms with Crippen molar-refractivity contribution in [3.8, 4) is 0 Å². The summed E-state index contributed by atoms with van der Waals surface area (Å²) < 4.78 is 0. The maximum absolute atomic E-state index is 10.9. The van der Waals surface area contributed by atoms with E-state index in [-0.39, 0.29) is 12.6 Å². The molecule has 0 bridgehead atoms. The molecule has 0 spiro atoms. The quantitative estimate of drug-likeness (QED) is 0.730. The third-order valence-corrected chi connectivity index (χ3v) is 4.54. The third-order valence-electron chi connectivity index (χ3n) is 3.58. The van der Waals surface area contributed by atoms with Crippen LogP contribution in [0.4, 0.5) is 0 Å². The first-order chi connectivity index (χ1) is 8.68. The summed E-state index contributed by atoms with van der Waals surface area (Å²) in [6.45, 7) is 0.231. The van der Waals surface area contributed by atoms with Crippen LogP contribution in [0, 0.1) is 5.92 Å². The fourth-order valence-corrected chi connectivity index (χ4v) is 3.49. The number of aliphatic hydroxyl groups excluding tert-OH is 1. The fraction of sp³-hybridized carbons (Fsp3) is 0.615. The highest BCUT2D eigenvalue weighted by Crippen LogP contribution is 2.37. The molecule has 1 aromatic heterocycles. The van der Waals surface area contributed by atoms with Gasteiger partial charge in [0.25, 0.3) is 0 Å². The Labute approximate surface area is 111 Å². The Kier molecular flexibility index (Phi) is 4.74. The van der Waals surface area contributed by atoms with Crippen molar-refractivity contribution in [1.29, 1.82) is 0 Å². The van der Waals surface area contributed by atoms with Crippen molar-refractivity contribution >= 4 is 17.2 Å². The number of aliphatic hydroxyl groups is 1. The Hall–Kier alpha value is -0.910. The molecule has 1 heterocycles. The average molecular weight is 268 g/mol. The molecule has 100 valence electrons. The number of primary amides is 1. The van der Waals surface area contributed by atoms with E-state index in [4.69, 9.17) is 5.73 Å². The Bertz CT molecular complexity index is 374. The Morgan fingerprint density at radius 2 is 2.28 bits per heavy atom. The second kappa shape index (κ2) is 6.31. The van der Waals surface area contributed by atoms with Gasteiger partial charge in [-0.1, -0.05) is 18.9 Å². The number of rotatable bonds is 6. The van der Waals surface area contributed by atoms with Gasteiger partial charge in [0.05, 0.1) is 0 Å². The van der Waals surface area contributed by atoms with Gasteiger partial charge in [0, 0.05) is 17.5 Å². The van der Waals surface area contributed by atoms with Crippen molar-refractivity contribution < 1.29 is 9.90 Å². The molecule has 4 nitrogen and oxygen atoms in total. The predicted molar refractivity (Wildman–Crippen MR) is 72.2 cm³/mol. The molecule has 1 aliphatic carbocycles. The van der Waals surface area contributed by atoms with E-state index in [0.29, 0.717) is 5.92 Å². The molecule has 4 N–H and O–H groups in total. The molecule has 0 radical (unpaired) electrons. The van der Waals surface area contributed by atoms with Crippen molar-refractivity contribution in [3.05, 3.63) is 22.4 Å². The highest BCUT2D eigenvalue weighted by Gasteiger charge is 2.27. The van der Waals surface area contributed by atoms with Crippen LogP contribution in [0.1, 0.15) is 36.6 Å². The lowest BCUT2D eigenvalue weighted by Crippen LogP contribution is -2.40. The van der Waals surface area contributed by atoms with Gasteiger partial charge in [0.1, 0.15) is 6.10 Å². The summed E-state index contributed by atoms with van der Waals surface area (Å²) in [6, 6.07) is 4.38. The van der Waals surface area contributed by atoms with E-state index in [1.165, 1.54) is 30.6 Å². The summed E-state index contributed by atoms with van der Waals surface area (Å²) in [5.41, 5.74) is 5.07. The Morgan fingerprint density at radius 3 is 2.83 bits per heavy atom. The summed E-state index contributed by atoms with van der Waals surface area (Å²) in [5, 5.41) is 14.8. The maximum Gasteiger partial charge on any atom is 0.247 e. The molecule has 1 aromatic rings. The minimum Gasteiger partial charge on any atom is -0.382 e. The number of hydrogen-bond donors (Lipinski definition) is 3. The van der Waals surface area contributed by atoms with Gasteiger partial charge in [-0.25, -0.2) is 0 Å². The number of hydrogen-bond acceptors (Lipinski definition) is 4. The molecule has 1 fully saturated rings. The predicted octanol–water partition coefficient (Wildman–Crippen LogP) is 1.42. The zero-order chi connectivity index (χ0) is 13.0. The van der Waals surface area contributed by atoms with Crippen LogP contribution in [0.5, 0.6) is 0 Å². The zero-order valence-electron chi connectivity index (χ0n) is 10.3. The molecule has 0 aromatic carbocycles. The van der Waals surface area contributed by atoms with Gasteiger partial charge in [0.15, 0.2) is 0 Å². The fourth-order valence-electron chi connectivity index (χ4n) is 2.60. The number of nitrogens with two attached hydrogens (primary N) is 1. The van der Waals surface area contributed by atoms with E-state index in [1.54, 1.807) is 11.3 Å². The van der Waals surface area contributed by atoms with E-state index < -0.39 is 12.0 Å². The first kappa shape index (κ1) is 13.5. The van der Waals surface area contributed by atoms with Crippen molar-refractivity contribution in [1.82, 2.24) is 5.32 Å². The highest BCUT2D eigenvalue weighted by atomic mass is 32.1. The number of amides is 1.